The van der Waals surface area contributed by atoms with E-state index in [4.69, 9.17) is 14.5 Å². The zero-order valence-corrected chi connectivity index (χ0v) is 26.0. The molecule has 0 saturated carbocycles. The molecular weight excluding hydrogens is 586 g/mol. The number of amides is 1. The Morgan fingerprint density at radius 2 is 1.62 bits per heavy atom. The van der Waals surface area contributed by atoms with Gasteiger partial charge in [-0.1, -0.05) is 42.5 Å². The number of hydrogen-bond acceptors (Lipinski definition) is 6. The molecule has 1 amide bonds. The van der Waals surface area contributed by atoms with Gasteiger partial charge in [-0.15, -0.1) is 0 Å². The zero-order chi connectivity index (χ0) is 31.6. The second kappa shape index (κ2) is 12.7. The Bertz CT molecular complexity index is 2000. The molecule has 8 rings (SSSR count). The number of ether oxygens (including phenoxy) is 2. The summed E-state index contributed by atoms with van der Waals surface area (Å²) in [4.78, 5) is 20.4. The van der Waals surface area contributed by atoms with Crippen LogP contribution in [0.5, 0.6) is 5.75 Å². The van der Waals surface area contributed by atoms with E-state index >= 15 is 0 Å². The molecule has 8 heteroatoms. The minimum Gasteiger partial charge on any atom is -0.493 e. The lowest BCUT2D eigenvalue weighted by Crippen LogP contribution is -2.36. The lowest BCUT2D eigenvalue weighted by Gasteiger charge is -2.28. The molecule has 4 heterocycles. The zero-order valence-electron chi connectivity index (χ0n) is 26.0. The standard InChI is InChI=1S/C39H35N5O3/c45-39-33-12-7-29(34-24-40-38-26-43(16-14-32(34)38)25-28-4-2-1-3-5-28)23-36(33)41-35-13-6-27(22-37(35)42-39)15-19-47-31-10-8-30(9-11-31)44-17-20-46-21-18-44/h1-14,16,22-24,26,41H,15,17-21,25H2,(H,42,45). The highest BCUT2D eigenvalue weighted by Gasteiger charge is 2.22. The maximum Gasteiger partial charge on any atom is 0.257 e. The number of aromatic nitrogens is 2. The van der Waals surface area contributed by atoms with E-state index < -0.39 is 0 Å². The third-order valence-corrected chi connectivity index (χ3v) is 8.88. The molecular formula is C39H35N5O3. The van der Waals surface area contributed by atoms with Crippen LogP contribution in [-0.4, -0.2) is 48.4 Å². The molecule has 4 aliphatic rings. The first-order chi connectivity index (χ1) is 23.2. The van der Waals surface area contributed by atoms with E-state index in [1.54, 1.807) is 0 Å². The fourth-order valence-electron chi connectivity index (χ4n) is 6.35. The number of hydrogen-bond donors (Lipinski definition) is 2. The molecule has 2 N–H and O–H groups in total. The van der Waals surface area contributed by atoms with E-state index in [9.17, 15) is 4.79 Å². The van der Waals surface area contributed by atoms with Gasteiger partial charge in [0.05, 0.1) is 48.1 Å². The number of morpholine rings is 1. The Kier molecular flexibility index (Phi) is 7.77. The van der Waals surface area contributed by atoms with Crippen molar-refractivity contribution in [3.8, 4) is 28.1 Å². The van der Waals surface area contributed by atoms with E-state index in [1.165, 1.54) is 11.3 Å². The normalized spacial score (nSPS) is 14.1. The monoisotopic (exact) mass is 621 g/mol. The summed E-state index contributed by atoms with van der Waals surface area (Å²) in [6, 6.07) is 32.8. The van der Waals surface area contributed by atoms with Gasteiger partial charge in [0.25, 0.3) is 5.91 Å². The number of carbonyl (C=O) groups is 1. The van der Waals surface area contributed by atoms with Crippen molar-refractivity contribution in [3.05, 3.63) is 132 Å². The largest absolute Gasteiger partial charge is 0.493 e. The molecule has 4 aromatic rings. The number of nitrogens with zero attached hydrogens (tertiary/aromatic N) is 3. The third-order valence-electron chi connectivity index (χ3n) is 8.88. The van der Waals surface area contributed by atoms with Crippen molar-refractivity contribution in [2.24, 2.45) is 0 Å². The van der Waals surface area contributed by atoms with Crippen LogP contribution in [0.25, 0.3) is 22.4 Å². The molecule has 234 valence electrons. The molecule has 0 unspecified atom stereocenters. The third kappa shape index (κ3) is 6.15. The average Bonchev–Trinajstić information content (AvgIpc) is 3.47. The molecule has 4 aliphatic heterocycles. The van der Waals surface area contributed by atoms with Crippen molar-refractivity contribution in [1.29, 1.82) is 0 Å². The second-order valence-electron chi connectivity index (χ2n) is 12.0. The van der Waals surface area contributed by atoms with Gasteiger partial charge < -0.3 is 29.6 Å². The van der Waals surface area contributed by atoms with E-state index in [0.717, 1.165) is 83.6 Å². The van der Waals surface area contributed by atoms with Crippen LogP contribution in [0.4, 0.5) is 22.7 Å². The lowest BCUT2D eigenvalue weighted by molar-refractivity contribution is 0.102. The molecule has 1 saturated heterocycles. The Balaban J connectivity index is 0.948. The summed E-state index contributed by atoms with van der Waals surface area (Å²) in [7, 11) is 0. The summed E-state index contributed by atoms with van der Waals surface area (Å²) >= 11 is 0. The number of benzene rings is 4. The Morgan fingerprint density at radius 3 is 2.47 bits per heavy atom. The Hall–Kier alpha value is -5.60. The maximum absolute atomic E-state index is 13.3. The van der Waals surface area contributed by atoms with Gasteiger partial charge in [0.2, 0.25) is 0 Å². The van der Waals surface area contributed by atoms with Crippen molar-refractivity contribution >= 4 is 28.7 Å². The van der Waals surface area contributed by atoms with Crippen molar-refractivity contribution in [1.82, 2.24) is 9.55 Å². The molecule has 0 atom stereocenters. The molecule has 8 nitrogen and oxygen atoms in total. The van der Waals surface area contributed by atoms with Gasteiger partial charge in [0.1, 0.15) is 5.75 Å². The maximum atomic E-state index is 13.3. The predicted octanol–water partition coefficient (Wildman–Crippen LogP) is 7.47. The predicted molar refractivity (Wildman–Crippen MR) is 186 cm³/mol. The van der Waals surface area contributed by atoms with Crippen LogP contribution in [0.15, 0.2) is 116 Å². The molecule has 1 fully saturated rings. The first-order valence-corrected chi connectivity index (χ1v) is 16.1. The Labute approximate surface area is 273 Å². The summed E-state index contributed by atoms with van der Waals surface area (Å²) < 4.78 is 13.7. The van der Waals surface area contributed by atoms with Crippen LogP contribution in [0, 0.1) is 0 Å². The van der Waals surface area contributed by atoms with Crippen molar-refractivity contribution < 1.29 is 14.3 Å². The van der Waals surface area contributed by atoms with Gasteiger partial charge in [-0.2, -0.15) is 0 Å². The molecule has 4 aromatic carbocycles. The van der Waals surface area contributed by atoms with Gasteiger partial charge in [-0.05, 0) is 71.3 Å². The molecule has 0 radical (unpaired) electrons. The van der Waals surface area contributed by atoms with Crippen LogP contribution in [-0.2, 0) is 17.7 Å². The summed E-state index contributed by atoms with van der Waals surface area (Å²) in [5.74, 6) is 0.705. The van der Waals surface area contributed by atoms with Gasteiger partial charge >= 0.3 is 0 Å². The number of anilines is 4. The molecule has 0 bridgehead atoms. The van der Waals surface area contributed by atoms with Crippen LogP contribution in [0.1, 0.15) is 21.5 Å². The van der Waals surface area contributed by atoms with Crippen molar-refractivity contribution in [3.63, 3.8) is 0 Å². The van der Waals surface area contributed by atoms with Crippen molar-refractivity contribution in [2.45, 2.75) is 13.0 Å². The number of rotatable bonds is 8. The average molecular weight is 622 g/mol. The highest BCUT2D eigenvalue weighted by molar-refractivity contribution is 6.12. The Morgan fingerprint density at radius 1 is 0.766 bits per heavy atom. The summed E-state index contributed by atoms with van der Waals surface area (Å²) in [6.07, 6.45) is 6.81. The number of carbonyl (C=O) groups excluding carboxylic acids is 1. The summed E-state index contributed by atoms with van der Waals surface area (Å²) in [5, 5.41) is 6.61. The topological polar surface area (TPSA) is 80.7 Å². The molecule has 0 spiro atoms. The van der Waals surface area contributed by atoms with Crippen molar-refractivity contribution in [2.75, 3.05) is 48.4 Å². The van der Waals surface area contributed by atoms with E-state index in [1.807, 2.05) is 54.7 Å². The fraction of sp³-hybridized carbons (Fsp3) is 0.179. The summed E-state index contributed by atoms with van der Waals surface area (Å²) in [5.41, 5.74) is 10.5. The highest BCUT2D eigenvalue weighted by atomic mass is 16.5. The molecule has 47 heavy (non-hydrogen) atoms. The number of fused-ring (bicyclic) bond motifs is 3. The van der Waals surface area contributed by atoms with Crippen LogP contribution in [0.2, 0.25) is 0 Å². The molecule has 0 aromatic heterocycles. The summed E-state index contributed by atoms with van der Waals surface area (Å²) in [6.45, 7) is 4.68. The minimum atomic E-state index is -0.140. The van der Waals surface area contributed by atoms with Gasteiger partial charge in [-0.25, -0.2) is 0 Å². The number of pyridine rings is 1. The van der Waals surface area contributed by atoms with Gasteiger partial charge in [0, 0.05) is 61.5 Å². The quantitative estimate of drug-likeness (QED) is 0.184. The first kappa shape index (κ1) is 28.8. The number of nitrogens with one attached hydrogen (secondary N) is 2. The minimum absolute atomic E-state index is 0.140. The van der Waals surface area contributed by atoms with E-state index in [0.29, 0.717) is 18.6 Å². The SMILES string of the molecule is O=C1Nc2cc(CCOc3ccc(N4CCOCC4)cc3)ccc2Nc2cc(-c3cnc4cn(Cc5ccccc5)ccc3-4)ccc21. The first-order valence-electron chi connectivity index (χ1n) is 16.1. The lowest BCUT2D eigenvalue weighted by atomic mass is 9.99. The smallest absolute Gasteiger partial charge is 0.257 e. The second-order valence-corrected chi connectivity index (χ2v) is 12.0. The van der Waals surface area contributed by atoms with Crippen LogP contribution < -0.4 is 20.3 Å². The van der Waals surface area contributed by atoms with Gasteiger partial charge in [0.15, 0.2) is 0 Å². The fourth-order valence-corrected chi connectivity index (χ4v) is 6.35. The van der Waals surface area contributed by atoms with E-state index in [2.05, 4.69) is 81.0 Å². The van der Waals surface area contributed by atoms with Crippen LogP contribution in [0.3, 0.4) is 0 Å². The van der Waals surface area contributed by atoms with E-state index in [-0.39, 0.29) is 5.91 Å². The highest BCUT2D eigenvalue weighted by Crippen LogP contribution is 2.38. The van der Waals surface area contributed by atoms with Crippen LogP contribution >= 0.6 is 0 Å². The van der Waals surface area contributed by atoms with Gasteiger partial charge in [-0.3, -0.25) is 9.78 Å². The molecule has 0 aliphatic carbocycles.